The van der Waals surface area contributed by atoms with Crippen LogP contribution in [0, 0.1) is 5.41 Å². The molecular formula is C7H11N3O3. The molecular weight excluding hydrogens is 174 g/mol. The number of primary amides is 1. The lowest BCUT2D eigenvalue weighted by Crippen LogP contribution is -2.74. The predicted octanol–water partition coefficient (Wildman–Crippen LogP) is -1.01. The fourth-order valence-electron chi connectivity index (χ4n) is 2.41. The molecule has 0 aromatic rings. The quantitative estimate of drug-likeness (QED) is 0.291. The summed E-state index contributed by atoms with van der Waals surface area (Å²) in [7, 11) is 0. The van der Waals surface area contributed by atoms with Gasteiger partial charge < -0.3 is 10.5 Å². The molecule has 0 atom stereocenters. The van der Waals surface area contributed by atoms with Crippen molar-refractivity contribution < 1.29 is 14.3 Å². The van der Waals surface area contributed by atoms with Gasteiger partial charge in [0.15, 0.2) is 0 Å². The highest BCUT2D eigenvalue weighted by Gasteiger charge is 2.74. The summed E-state index contributed by atoms with van der Waals surface area (Å²) in [6.07, 6.45) is 0.866. The Balaban J connectivity index is 1.93. The average Bonchev–Trinajstić information content (AvgIpc) is 1.92. The van der Waals surface area contributed by atoms with Gasteiger partial charge in [0, 0.05) is 19.3 Å². The third-order valence-corrected chi connectivity index (χ3v) is 2.91. The number of carbonyl (C=O) groups excluding carboxylic acids is 2. The molecule has 6 heteroatoms. The van der Waals surface area contributed by atoms with Gasteiger partial charge in [0.1, 0.15) is 5.60 Å². The Bertz CT molecular complexity index is 269. The molecule has 0 unspecified atom stereocenters. The van der Waals surface area contributed by atoms with Crippen LogP contribution in [0.25, 0.3) is 0 Å². The van der Waals surface area contributed by atoms with Gasteiger partial charge in [0.25, 0.3) is 0 Å². The van der Waals surface area contributed by atoms with E-state index in [2.05, 4.69) is 5.43 Å². The number of nitrogens with two attached hydrogens (primary N) is 2. The first-order valence-corrected chi connectivity index (χ1v) is 4.02. The molecule has 0 radical (unpaired) electrons. The molecule has 3 fully saturated rings. The number of nitrogens with one attached hydrogen (secondary N) is 1. The van der Waals surface area contributed by atoms with Gasteiger partial charge >= 0.3 is 6.09 Å². The minimum absolute atomic E-state index is 0.178. The Morgan fingerprint density at radius 2 is 1.85 bits per heavy atom. The minimum atomic E-state index is -0.776. The van der Waals surface area contributed by atoms with Crippen molar-refractivity contribution in [3.05, 3.63) is 0 Å². The Labute approximate surface area is 74.6 Å². The molecule has 0 aromatic carbocycles. The maximum Gasteiger partial charge on any atom is 0.405 e. The number of rotatable bonds is 2. The molecule has 0 spiro atoms. The topological polar surface area (TPSA) is 107 Å². The molecule has 72 valence electrons. The molecule has 3 aliphatic rings. The first-order valence-electron chi connectivity index (χ1n) is 4.02. The van der Waals surface area contributed by atoms with Crippen molar-refractivity contribution in [2.24, 2.45) is 17.0 Å². The molecule has 3 aliphatic carbocycles. The number of hydrogen-bond donors (Lipinski definition) is 3. The molecule has 2 bridgehead atoms. The number of hydrazine groups is 1. The largest absolute Gasteiger partial charge is 0.443 e. The van der Waals surface area contributed by atoms with Crippen LogP contribution in [0.3, 0.4) is 0 Å². The van der Waals surface area contributed by atoms with Gasteiger partial charge in [0.2, 0.25) is 5.91 Å². The maximum atomic E-state index is 11.2. The second-order valence-electron chi connectivity index (χ2n) is 3.89. The molecule has 6 nitrogen and oxygen atoms in total. The van der Waals surface area contributed by atoms with Gasteiger partial charge in [-0.1, -0.05) is 0 Å². The Hall–Kier alpha value is -1.30. The Kier molecular flexibility index (Phi) is 1.37. The van der Waals surface area contributed by atoms with Crippen LogP contribution in [0.15, 0.2) is 0 Å². The van der Waals surface area contributed by atoms with E-state index >= 15 is 0 Å². The summed E-state index contributed by atoms with van der Waals surface area (Å²) < 4.78 is 4.88. The summed E-state index contributed by atoms with van der Waals surface area (Å²) in [6.45, 7) is 0. The Morgan fingerprint density at radius 1 is 1.31 bits per heavy atom. The lowest BCUT2D eigenvalue weighted by atomic mass is 9.41. The predicted molar refractivity (Wildman–Crippen MR) is 42.0 cm³/mol. The van der Waals surface area contributed by atoms with Gasteiger partial charge in [-0.05, 0) is 0 Å². The van der Waals surface area contributed by atoms with E-state index in [1.54, 1.807) is 0 Å². The van der Waals surface area contributed by atoms with E-state index in [0.29, 0.717) is 19.3 Å². The van der Waals surface area contributed by atoms with E-state index in [-0.39, 0.29) is 11.3 Å². The van der Waals surface area contributed by atoms with Crippen molar-refractivity contribution in [3.8, 4) is 0 Å². The molecule has 3 saturated carbocycles. The van der Waals surface area contributed by atoms with Crippen molar-refractivity contribution in [2.45, 2.75) is 24.9 Å². The van der Waals surface area contributed by atoms with E-state index in [0.717, 1.165) is 0 Å². The molecule has 2 amide bonds. The molecule has 0 heterocycles. The van der Waals surface area contributed by atoms with Crippen LogP contribution in [-0.4, -0.2) is 17.6 Å². The molecule has 0 aromatic heterocycles. The third-order valence-electron chi connectivity index (χ3n) is 2.91. The Morgan fingerprint density at radius 3 is 2.23 bits per heavy atom. The summed E-state index contributed by atoms with van der Waals surface area (Å²) in [5, 5.41) is 0. The van der Waals surface area contributed by atoms with E-state index in [1.165, 1.54) is 0 Å². The molecule has 0 saturated heterocycles. The average molecular weight is 185 g/mol. The zero-order valence-corrected chi connectivity index (χ0v) is 7.00. The van der Waals surface area contributed by atoms with Crippen LogP contribution in [0.4, 0.5) is 4.79 Å². The summed E-state index contributed by atoms with van der Waals surface area (Å²) in [5.74, 6) is 4.83. The van der Waals surface area contributed by atoms with Crippen LogP contribution >= 0.6 is 0 Å². The fourth-order valence-corrected chi connectivity index (χ4v) is 2.41. The van der Waals surface area contributed by atoms with E-state index in [4.69, 9.17) is 16.3 Å². The van der Waals surface area contributed by atoms with E-state index in [9.17, 15) is 9.59 Å². The second kappa shape index (κ2) is 2.14. The second-order valence-corrected chi connectivity index (χ2v) is 3.89. The first-order chi connectivity index (χ1) is 6.02. The van der Waals surface area contributed by atoms with Gasteiger partial charge in [-0.2, -0.15) is 0 Å². The first kappa shape index (κ1) is 8.31. The minimum Gasteiger partial charge on any atom is -0.443 e. The smallest absolute Gasteiger partial charge is 0.405 e. The fraction of sp³-hybridized carbons (Fsp3) is 0.714. The number of carbonyl (C=O) groups is 2. The lowest BCUT2D eigenvalue weighted by Gasteiger charge is -2.66. The zero-order chi connectivity index (χ0) is 9.69. The number of amides is 2. The highest BCUT2D eigenvalue weighted by Crippen LogP contribution is 2.69. The van der Waals surface area contributed by atoms with Crippen LogP contribution in [0.5, 0.6) is 0 Å². The SMILES string of the molecule is NNC(=O)C12CC(OC(N)=O)(C1)C2. The van der Waals surface area contributed by atoms with Crippen molar-refractivity contribution in [1.29, 1.82) is 0 Å². The highest BCUT2D eigenvalue weighted by molar-refractivity contribution is 5.86. The molecule has 13 heavy (non-hydrogen) atoms. The monoisotopic (exact) mass is 185 g/mol. The van der Waals surface area contributed by atoms with Crippen molar-refractivity contribution >= 4 is 12.0 Å². The van der Waals surface area contributed by atoms with E-state index < -0.39 is 11.7 Å². The summed E-state index contributed by atoms with van der Waals surface area (Å²) in [5.41, 5.74) is 6.14. The van der Waals surface area contributed by atoms with Gasteiger partial charge in [0.05, 0.1) is 5.41 Å². The van der Waals surface area contributed by atoms with Gasteiger partial charge in [-0.3, -0.25) is 10.2 Å². The summed E-state index contributed by atoms with van der Waals surface area (Å²) in [6, 6.07) is 0. The van der Waals surface area contributed by atoms with E-state index in [1.807, 2.05) is 0 Å². The van der Waals surface area contributed by atoms with Crippen LogP contribution < -0.4 is 17.0 Å². The third kappa shape index (κ3) is 0.918. The lowest BCUT2D eigenvalue weighted by molar-refractivity contribution is -0.247. The molecule has 0 aliphatic heterocycles. The van der Waals surface area contributed by atoms with Crippen LogP contribution in [0.2, 0.25) is 0 Å². The van der Waals surface area contributed by atoms with Crippen molar-refractivity contribution in [3.63, 3.8) is 0 Å². The zero-order valence-electron chi connectivity index (χ0n) is 7.00. The van der Waals surface area contributed by atoms with Crippen molar-refractivity contribution in [2.75, 3.05) is 0 Å². The summed E-state index contributed by atoms with van der Waals surface area (Å²) >= 11 is 0. The van der Waals surface area contributed by atoms with Crippen molar-refractivity contribution in [1.82, 2.24) is 5.43 Å². The number of ether oxygens (including phenoxy) is 1. The highest BCUT2D eigenvalue weighted by atomic mass is 16.6. The maximum absolute atomic E-state index is 11.2. The van der Waals surface area contributed by atoms with Gasteiger partial charge in [-0.15, -0.1) is 0 Å². The number of hydrogen-bond acceptors (Lipinski definition) is 4. The molecule has 5 N–H and O–H groups in total. The van der Waals surface area contributed by atoms with Crippen LogP contribution in [-0.2, 0) is 9.53 Å². The van der Waals surface area contributed by atoms with Gasteiger partial charge in [-0.25, -0.2) is 10.6 Å². The normalized spacial score (nSPS) is 39.8. The summed E-state index contributed by atoms with van der Waals surface area (Å²) in [4.78, 5) is 21.6. The standard InChI is InChI=1S/C7H11N3O3/c8-5(12)13-7-1-6(2-7,3-7)4(11)10-9/h1-3,9H2,(H2,8,12)(H,10,11). The molecule has 3 rings (SSSR count). The van der Waals surface area contributed by atoms with Crippen LogP contribution in [0.1, 0.15) is 19.3 Å².